The van der Waals surface area contributed by atoms with Crippen LogP contribution in [0.4, 0.5) is 15.8 Å². The van der Waals surface area contributed by atoms with Crippen LogP contribution in [-0.4, -0.2) is 58.6 Å². The third-order valence-electron chi connectivity index (χ3n) is 7.95. The smallest absolute Gasteiger partial charge is 0.264 e. The van der Waals surface area contributed by atoms with Crippen molar-refractivity contribution in [2.45, 2.75) is 17.4 Å². The molecule has 206 valence electrons. The Morgan fingerprint density at radius 3 is 2.70 bits per heavy atom. The van der Waals surface area contributed by atoms with E-state index < -0.39 is 15.4 Å². The lowest BCUT2D eigenvalue weighted by Gasteiger charge is -2.25. The average molecular weight is 562 g/mol. The number of pyridine rings is 1. The number of benzene rings is 2. The number of hydrogen-bond acceptors (Lipinski definition) is 8. The SMILES string of the molecule is Cc1cc(Nc2ccc(F)cc2)c(C=N)cc1[C@@]12CN(S(=O)(=O)c3cnn(C)n3)C[C@@H]1[C@H]2COc1ccccn1. The van der Waals surface area contributed by atoms with E-state index in [-0.39, 0.29) is 29.2 Å². The van der Waals surface area contributed by atoms with E-state index in [4.69, 9.17) is 10.1 Å². The fourth-order valence-electron chi connectivity index (χ4n) is 5.97. The molecule has 1 saturated heterocycles. The van der Waals surface area contributed by atoms with Gasteiger partial charge in [0.25, 0.3) is 10.0 Å². The molecule has 0 unspecified atom stereocenters. The van der Waals surface area contributed by atoms with Crippen molar-refractivity contribution in [2.75, 3.05) is 25.0 Å². The summed E-state index contributed by atoms with van der Waals surface area (Å²) in [6.45, 7) is 2.95. The summed E-state index contributed by atoms with van der Waals surface area (Å²) in [5, 5.41) is 19.3. The van der Waals surface area contributed by atoms with Gasteiger partial charge in [0, 0.05) is 66.9 Å². The maximum atomic E-state index is 13.5. The molecule has 40 heavy (non-hydrogen) atoms. The maximum Gasteiger partial charge on any atom is 0.264 e. The highest BCUT2D eigenvalue weighted by atomic mass is 32.2. The predicted octanol–water partition coefficient (Wildman–Crippen LogP) is 3.67. The third-order valence-corrected chi connectivity index (χ3v) is 9.62. The number of nitrogens with zero attached hydrogens (tertiary/aromatic N) is 5. The Balaban J connectivity index is 1.35. The van der Waals surface area contributed by atoms with Crippen molar-refractivity contribution in [3.8, 4) is 5.88 Å². The maximum absolute atomic E-state index is 13.5. The van der Waals surface area contributed by atoms with Gasteiger partial charge in [-0.25, -0.2) is 17.8 Å². The highest BCUT2D eigenvalue weighted by Crippen LogP contribution is 2.65. The largest absolute Gasteiger partial charge is 0.477 e. The molecule has 1 aliphatic carbocycles. The first kappa shape index (κ1) is 26.1. The molecule has 4 aromatic rings. The molecule has 1 saturated carbocycles. The van der Waals surface area contributed by atoms with Gasteiger partial charge in [0.05, 0.1) is 12.8 Å². The summed E-state index contributed by atoms with van der Waals surface area (Å²) in [6.07, 6.45) is 4.20. The molecule has 2 N–H and O–H groups in total. The highest BCUT2D eigenvalue weighted by Gasteiger charge is 2.71. The van der Waals surface area contributed by atoms with E-state index in [0.717, 1.165) is 11.1 Å². The van der Waals surface area contributed by atoms with Gasteiger partial charge in [0.1, 0.15) is 5.82 Å². The molecule has 10 nitrogen and oxygen atoms in total. The van der Waals surface area contributed by atoms with Crippen molar-refractivity contribution >= 4 is 27.6 Å². The van der Waals surface area contributed by atoms with Crippen molar-refractivity contribution in [3.63, 3.8) is 0 Å². The number of nitrogens with one attached hydrogen (secondary N) is 2. The first-order valence-corrected chi connectivity index (χ1v) is 14.2. The fourth-order valence-corrected chi connectivity index (χ4v) is 7.37. The summed E-state index contributed by atoms with van der Waals surface area (Å²) in [5.41, 5.74) is 3.49. The van der Waals surface area contributed by atoms with Crippen LogP contribution in [0, 0.1) is 30.0 Å². The fraction of sp³-hybridized carbons (Fsp3) is 0.286. The van der Waals surface area contributed by atoms with Gasteiger partial charge in [-0.2, -0.15) is 14.2 Å². The Morgan fingerprint density at radius 2 is 2.02 bits per heavy atom. The van der Waals surface area contributed by atoms with Gasteiger partial charge in [-0.3, -0.25) is 0 Å². The van der Waals surface area contributed by atoms with Crippen molar-refractivity contribution in [3.05, 3.63) is 89.5 Å². The summed E-state index contributed by atoms with van der Waals surface area (Å²) in [5.74, 6) is 0.249. The number of hydrogen-bond donors (Lipinski definition) is 2. The summed E-state index contributed by atoms with van der Waals surface area (Å²) in [7, 11) is -2.26. The monoisotopic (exact) mass is 561 g/mol. The van der Waals surface area contributed by atoms with E-state index in [2.05, 4.69) is 20.5 Å². The second kappa shape index (κ2) is 9.79. The Bertz CT molecular complexity index is 1680. The molecule has 2 aliphatic rings. The van der Waals surface area contributed by atoms with Crippen LogP contribution in [0.3, 0.4) is 0 Å². The number of ether oxygens (including phenoxy) is 1. The first-order valence-electron chi connectivity index (χ1n) is 12.8. The lowest BCUT2D eigenvalue weighted by Crippen LogP contribution is -2.36. The van der Waals surface area contributed by atoms with Gasteiger partial charge < -0.3 is 15.5 Å². The minimum Gasteiger partial charge on any atom is -0.477 e. The molecule has 2 aromatic carbocycles. The lowest BCUT2D eigenvalue weighted by atomic mass is 9.87. The summed E-state index contributed by atoms with van der Waals surface area (Å²) in [6, 6.07) is 15.4. The van der Waals surface area contributed by atoms with Crippen molar-refractivity contribution < 1.29 is 17.5 Å². The van der Waals surface area contributed by atoms with Crippen LogP contribution in [0.2, 0.25) is 0 Å². The lowest BCUT2D eigenvalue weighted by molar-refractivity contribution is 0.253. The van der Waals surface area contributed by atoms with Crippen LogP contribution in [0.25, 0.3) is 0 Å². The number of aryl methyl sites for hydroxylation is 2. The number of fused-ring (bicyclic) bond motifs is 1. The Hall–Kier alpha value is -4.16. The van der Waals surface area contributed by atoms with Crippen LogP contribution in [-0.2, 0) is 22.5 Å². The van der Waals surface area contributed by atoms with E-state index in [1.807, 2.05) is 31.2 Å². The topological polar surface area (TPSA) is 126 Å². The third kappa shape index (κ3) is 4.42. The number of aromatic nitrogens is 4. The molecular formula is C28H28FN7O3S. The van der Waals surface area contributed by atoms with Crippen molar-refractivity contribution in [1.29, 1.82) is 5.41 Å². The molecule has 2 aromatic heterocycles. The van der Waals surface area contributed by atoms with Crippen LogP contribution < -0.4 is 10.1 Å². The number of sulfonamides is 1. The van der Waals surface area contributed by atoms with E-state index in [1.165, 1.54) is 33.6 Å². The Morgan fingerprint density at radius 1 is 1.23 bits per heavy atom. The van der Waals surface area contributed by atoms with E-state index in [1.54, 1.807) is 31.4 Å². The molecule has 3 heterocycles. The summed E-state index contributed by atoms with van der Waals surface area (Å²) in [4.78, 5) is 5.49. The molecule has 0 amide bonds. The van der Waals surface area contributed by atoms with Crippen molar-refractivity contribution in [1.82, 2.24) is 24.3 Å². The van der Waals surface area contributed by atoms with E-state index in [0.29, 0.717) is 36.0 Å². The average Bonchev–Trinajstić information content (AvgIpc) is 3.24. The first-order chi connectivity index (χ1) is 19.2. The van der Waals surface area contributed by atoms with Gasteiger partial charge in [-0.15, -0.1) is 5.10 Å². The molecule has 6 rings (SSSR count). The van der Waals surface area contributed by atoms with E-state index in [9.17, 15) is 12.8 Å². The number of anilines is 2. The molecule has 0 spiro atoms. The van der Waals surface area contributed by atoms with Crippen molar-refractivity contribution in [2.24, 2.45) is 18.9 Å². The number of rotatable bonds is 9. The zero-order chi connectivity index (χ0) is 28.1. The second-order valence-corrected chi connectivity index (χ2v) is 12.1. The summed E-state index contributed by atoms with van der Waals surface area (Å²) < 4.78 is 47.8. The highest BCUT2D eigenvalue weighted by molar-refractivity contribution is 7.89. The molecule has 12 heteroatoms. The van der Waals surface area contributed by atoms with Crippen LogP contribution in [0.5, 0.6) is 5.88 Å². The predicted molar refractivity (Wildman–Crippen MR) is 147 cm³/mol. The number of halogens is 1. The number of piperidine rings is 1. The van der Waals surface area contributed by atoms with Crippen LogP contribution in [0.15, 0.2) is 72.0 Å². The van der Waals surface area contributed by atoms with Gasteiger partial charge in [0.2, 0.25) is 10.9 Å². The Kier molecular flexibility index (Phi) is 6.38. The molecule has 2 fully saturated rings. The van der Waals surface area contributed by atoms with Gasteiger partial charge in [-0.05, 0) is 66.4 Å². The minimum absolute atomic E-state index is 0.0100. The molecular weight excluding hydrogens is 533 g/mol. The van der Waals surface area contributed by atoms with E-state index >= 15 is 0 Å². The second-order valence-electron chi connectivity index (χ2n) is 10.2. The van der Waals surface area contributed by atoms with Gasteiger partial charge in [-0.1, -0.05) is 6.07 Å². The zero-order valence-electron chi connectivity index (χ0n) is 22.0. The molecule has 0 radical (unpaired) electrons. The standard InChI is InChI=1S/C28H28FN7O3S/c1-18-11-25(33-21-8-6-20(29)7-9-21)19(13-30)12-22(18)28-17-36(40(37,38)27-14-32-35(2)34-27)15-23(28)24(28)16-39-26-5-3-4-10-31-26/h3-14,23-24,30,33H,15-17H2,1-2H3/t23-,24-,28+/m1/s1. The molecule has 0 bridgehead atoms. The quantitative estimate of drug-likeness (QED) is 0.299. The molecule has 3 atom stereocenters. The summed E-state index contributed by atoms with van der Waals surface area (Å²) >= 11 is 0. The van der Waals surface area contributed by atoms with Crippen LogP contribution >= 0.6 is 0 Å². The van der Waals surface area contributed by atoms with Gasteiger partial charge >= 0.3 is 0 Å². The Labute approximate surface area is 231 Å². The molecule has 1 aliphatic heterocycles. The normalized spacial score (nSPS) is 22.1. The van der Waals surface area contributed by atoms with Gasteiger partial charge in [0.15, 0.2) is 0 Å². The minimum atomic E-state index is -3.84. The van der Waals surface area contributed by atoms with Crippen LogP contribution in [0.1, 0.15) is 16.7 Å². The zero-order valence-corrected chi connectivity index (χ0v) is 22.8.